The molecule has 0 spiro atoms. The van der Waals surface area contributed by atoms with Crippen LogP contribution in [0, 0.1) is 5.92 Å². The van der Waals surface area contributed by atoms with Gasteiger partial charge in [0.15, 0.2) is 0 Å². The number of rotatable bonds is 7. The van der Waals surface area contributed by atoms with E-state index in [-0.39, 0.29) is 0 Å². The third-order valence-electron chi connectivity index (χ3n) is 2.76. The van der Waals surface area contributed by atoms with Crippen molar-refractivity contribution in [1.82, 2.24) is 5.32 Å². The molecule has 0 aromatic carbocycles. The van der Waals surface area contributed by atoms with Gasteiger partial charge in [0.2, 0.25) is 0 Å². The molecule has 0 amide bonds. The molecule has 0 heterocycles. The highest BCUT2D eigenvalue weighted by Crippen LogP contribution is 2.12. The third-order valence-corrected chi connectivity index (χ3v) is 2.76. The predicted molar refractivity (Wildman–Crippen MR) is 58.0 cm³/mol. The second kappa shape index (κ2) is 7.34. The fourth-order valence-electron chi connectivity index (χ4n) is 1.67. The molecule has 80 valence electrons. The minimum absolute atomic E-state index is 0.439. The van der Waals surface area contributed by atoms with Crippen LogP contribution in [0.4, 0.5) is 0 Å². The highest BCUT2D eigenvalue weighted by atomic mass is 16.5. The molecule has 13 heavy (non-hydrogen) atoms. The largest absolute Gasteiger partial charge is 0.381 e. The lowest BCUT2D eigenvalue weighted by molar-refractivity contribution is 0.0862. The van der Waals surface area contributed by atoms with Crippen LogP contribution in [-0.4, -0.2) is 26.3 Å². The monoisotopic (exact) mass is 187 g/mol. The van der Waals surface area contributed by atoms with Gasteiger partial charge in [-0.2, -0.15) is 0 Å². The molecule has 2 atom stereocenters. The van der Waals surface area contributed by atoms with Gasteiger partial charge in [-0.05, 0) is 32.2 Å². The molecular formula is C11H25NO. The first-order valence-corrected chi connectivity index (χ1v) is 5.35. The second-order valence-electron chi connectivity index (χ2n) is 3.98. The fraction of sp³-hybridized carbons (Fsp3) is 1.00. The Morgan fingerprint density at radius 3 is 2.15 bits per heavy atom. The third kappa shape index (κ3) is 5.27. The molecule has 2 heteroatoms. The molecule has 0 rings (SSSR count). The van der Waals surface area contributed by atoms with E-state index in [9.17, 15) is 0 Å². The van der Waals surface area contributed by atoms with Crippen molar-refractivity contribution in [3.05, 3.63) is 0 Å². The van der Waals surface area contributed by atoms with Crippen LogP contribution >= 0.6 is 0 Å². The van der Waals surface area contributed by atoms with E-state index in [1.165, 1.54) is 6.42 Å². The number of ether oxygens (including phenoxy) is 1. The minimum atomic E-state index is 0.439. The molecule has 0 fully saturated rings. The van der Waals surface area contributed by atoms with Gasteiger partial charge in [-0.1, -0.05) is 20.8 Å². The molecule has 0 saturated carbocycles. The normalized spacial score (nSPS) is 16.2. The zero-order chi connectivity index (χ0) is 10.3. The van der Waals surface area contributed by atoms with Crippen molar-refractivity contribution < 1.29 is 4.74 Å². The lowest BCUT2D eigenvalue weighted by atomic mass is 9.97. The van der Waals surface area contributed by atoms with E-state index in [1.807, 2.05) is 7.05 Å². The van der Waals surface area contributed by atoms with Crippen molar-refractivity contribution in [2.45, 2.75) is 52.2 Å². The van der Waals surface area contributed by atoms with Gasteiger partial charge in [0.1, 0.15) is 0 Å². The Bertz CT molecular complexity index is 111. The smallest absolute Gasteiger partial charge is 0.0569 e. The summed E-state index contributed by atoms with van der Waals surface area (Å²) in [6.07, 6.45) is 3.93. The summed E-state index contributed by atoms with van der Waals surface area (Å²) in [6, 6.07) is 0.629. The van der Waals surface area contributed by atoms with Gasteiger partial charge in [0.05, 0.1) is 6.10 Å². The molecule has 1 N–H and O–H groups in total. The van der Waals surface area contributed by atoms with Crippen molar-refractivity contribution >= 4 is 0 Å². The van der Waals surface area contributed by atoms with E-state index in [4.69, 9.17) is 4.74 Å². The summed E-state index contributed by atoms with van der Waals surface area (Å²) in [5.74, 6) is 0.708. The standard InChI is InChI=1S/C11H25NO/c1-6-10(13-5)7-8-11(12-4)9(2)3/h9-12H,6-8H2,1-5H3. The van der Waals surface area contributed by atoms with Crippen molar-refractivity contribution in [2.24, 2.45) is 5.92 Å². The molecule has 0 aliphatic rings. The SMILES string of the molecule is CCC(CCC(NC)C(C)C)OC. The molecule has 2 unspecified atom stereocenters. The quantitative estimate of drug-likeness (QED) is 0.661. The zero-order valence-electron chi connectivity index (χ0n) is 9.76. The van der Waals surface area contributed by atoms with Gasteiger partial charge in [-0.25, -0.2) is 0 Å². The maximum Gasteiger partial charge on any atom is 0.0569 e. The van der Waals surface area contributed by atoms with Gasteiger partial charge < -0.3 is 10.1 Å². The number of methoxy groups -OCH3 is 1. The summed E-state index contributed by atoms with van der Waals surface area (Å²) in [6.45, 7) is 6.70. The Morgan fingerprint density at radius 1 is 1.23 bits per heavy atom. The average molecular weight is 187 g/mol. The first kappa shape index (κ1) is 12.9. The minimum Gasteiger partial charge on any atom is -0.381 e. The highest BCUT2D eigenvalue weighted by Gasteiger charge is 2.13. The summed E-state index contributed by atoms with van der Waals surface area (Å²) < 4.78 is 5.35. The van der Waals surface area contributed by atoms with E-state index < -0.39 is 0 Å². The Labute approximate surface area is 83.1 Å². The van der Waals surface area contributed by atoms with Gasteiger partial charge in [0.25, 0.3) is 0 Å². The van der Waals surface area contributed by atoms with Crippen LogP contribution in [0.1, 0.15) is 40.0 Å². The van der Waals surface area contributed by atoms with Crippen LogP contribution in [0.3, 0.4) is 0 Å². The van der Waals surface area contributed by atoms with Crippen LogP contribution in [0.25, 0.3) is 0 Å². The summed E-state index contributed by atoms with van der Waals surface area (Å²) >= 11 is 0. The molecule has 0 aromatic rings. The molecular weight excluding hydrogens is 162 g/mol. The van der Waals surface area contributed by atoms with Crippen LogP contribution in [0.5, 0.6) is 0 Å². The lowest BCUT2D eigenvalue weighted by Crippen LogP contribution is -2.31. The number of nitrogens with one attached hydrogen (secondary N) is 1. The van der Waals surface area contributed by atoms with Crippen molar-refractivity contribution in [3.8, 4) is 0 Å². The van der Waals surface area contributed by atoms with E-state index in [0.717, 1.165) is 12.8 Å². The van der Waals surface area contributed by atoms with E-state index in [1.54, 1.807) is 7.11 Å². The molecule has 0 aromatic heterocycles. The van der Waals surface area contributed by atoms with Gasteiger partial charge in [0, 0.05) is 13.2 Å². The maximum absolute atomic E-state index is 5.35. The Morgan fingerprint density at radius 2 is 1.85 bits per heavy atom. The fourth-order valence-corrected chi connectivity index (χ4v) is 1.67. The number of hydrogen-bond donors (Lipinski definition) is 1. The summed E-state index contributed by atoms with van der Waals surface area (Å²) in [5, 5.41) is 3.35. The highest BCUT2D eigenvalue weighted by molar-refractivity contribution is 4.70. The maximum atomic E-state index is 5.35. The van der Waals surface area contributed by atoms with E-state index in [2.05, 4.69) is 26.1 Å². The van der Waals surface area contributed by atoms with Gasteiger partial charge in [-0.3, -0.25) is 0 Å². The zero-order valence-corrected chi connectivity index (χ0v) is 9.76. The lowest BCUT2D eigenvalue weighted by Gasteiger charge is -2.22. The topological polar surface area (TPSA) is 21.3 Å². The van der Waals surface area contributed by atoms with Crippen molar-refractivity contribution in [3.63, 3.8) is 0 Å². The van der Waals surface area contributed by atoms with Gasteiger partial charge >= 0.3 is 0 Å². The predicted octanol–water partition coefficient (Wildman–Crippen LogP) is 2.44. The molecule has 0 aliphatic carbocycles. The van der Waals surface area contributed by atoms with E-state index in [0.29, 0.717) is 18.1 Å². The summed E-state index contributed by atoms with van der Waals surface area (Å²) in [4.78, 5) is 0. The Kier molecular flexibility index (Phi) is 7.29. The molecule has 0 radical (unpaired) electrons. The van der Waals surface area contributed by atoms with Crippen molar-refractivity contribution in [2.75, 3.05) is 14.2 Å². The van der Waals surface area contributed by atoms with Crippen LogP contribution in [0.2, 0.25) is 0 Å². The first-order chi connectivity index (χ1) is 6.15. The van der Waals surface area contributed by atoms with Crippen molar-refractivity contribution in [1.29, 1.82) is 0 Å². The molecule has 0 saturated heterocycles. The molecule has 0 aliphatic heterocycles. The van der Waals surface area contributed by atoms with Crippen LogP contribution in [-0.2, 0) is 4.74 Å². The van der Waals surface area contributed by atoms with Crippen LogP contribution < -0.4 is 5.32 Å². The average Bonchev–Trinajstić information content (AvgIpc) is 2.12. The Balaban J connectivity index is 3.69. The van der Waals surface area contributed by atoms with Gasteiger partial charge in [-0.15, -0.1) is 0 Å². The van der Waals surface area contributed by atoms with Crippen LogP contribution in [0.15, 0.2) is 0 Å². The molecule has 0 bridgehead atoms. The first-order valence-electron chi connectivity index (χ1n) is 5.35. The second-order valence-corrected chi connectivity index (χ2v) is 3.98. The molecule has 2 nitrogen and oxygen atoms in total. The summed E-state index contributed by atoms with van der Waals surface area (Å²) in [7, 11) is 3.84. The number of hydrogen-bond acceptors (Lipinski definition) is 2. The Hall–Kier alpha value is -0.0800. The summed E-state index contributed by atoms with van der Waals surface area (Å²) in [5.41, 5.74) is 0. The van der Waals surface area contributed by atoms with E-state index >= 15 is 0 Å².